The molecule has 5 nitrogen and oxygen atoms in total. The molecule has 1 aromatic heterocycles. The number of nitrogens with zero attached hydrogens (tertiary/aromatic N) is 3. The predicted octanol–water partition coefficient (Wildman–Crippen LogP) is 1.54. The Bertz CT molecular complexity index is 332. The number of aromatic nitrogens is 2. The minimum Gasteiger partial charge on any atom is -0.393 e. The maximum Gasteiger partial charge on any atom is 0.266 e. The van der Waals surface area contributed by atoms with Crippen LogP contribution in [0.4, 0.5) is 5.95 Å². The number of aliphatic hydroxyl groups excluding tert-OH is 1. The predicted molar refractivity (Wildman–Crippen MR) is 60.5 cm³/mol. The second-order valence-corrected chi connectivity index (χ2v) is 4.38. The molecular formula is C11H19N3O2. The van der Waals surface area contributed by atoms with Gasteiger partial charge in [-0.2, -0.15) is 4.98 Å². The largest absolute Gasteiger partial charge is 0.393 e. The number of aliphatic hydroxyl groups is 1. The maximum absolute atomic E-state index is 9.60. The molecule has 2 unspecified atom stereocenters. The molecule has 2 heterocycles. The van der Waals surface area contributed by atoms with E-state index in [1.54, 1.807) is 6.92 Å². The molecule has 90 valence electrons. The summed E-state index contributed by atoms with van der Waals surface area (Å²) in [7, 11) is 0. The minimum absolute atomic E-state index is 0.0520. The monoisotopic (exact) mass is 225 g/mol. The van der Waals surface area contributed by atoms with Gasteiger partial charge in [-0.1, -0.05) is 6.92 Å². The zero-order chi connectivity index (χ0) is 11.5. The molecule has 0 aliphatic carbocycles. The van der Waals surface area contributed by atoms with E-state index < -0.39 is 6.10 Å². The Balaban J connectivity index is 2.11. The quantitative estimate of drug-likeness (QED) is 0.842. The number of hydrogen-bond acceptors (Lipinski definition) is 5. The molecule has 0 amide bonds. The topological polar surface area (TPSA) is 62.4 Å². The van der Waals surface area contributed by atoms with Crippen LogP contribution >= 0.6 is 0 Å². The molecule has 1 fully saturated rings. The number of anilines is 1. The van der Waals surface area contributed by atoms with Gasteiger partial charge in [-0.3, -0.25) is 0 Å². The summed E-state index contributed by atoms with van der Waals surface area (Å²) < 4.78 is 5.23. The Morgan fingerprint density at radius 2 is 2.12 bits per heavy atom. The van der Waals surface area contributed by atoms with Gasteiger partial charge in [0.2, 0.25) is 5.89 Å². The highest BCUT2D eigenvalue weighted by molar-refractivity contribution is 5.29. The van der Waals surface area contributed by atoms with E-state index in [2.05, 4.69) is 15.0 Å². The molecule has 0 aromatic carbocycles. The van der Waals surface area contributed by atoms with Gasteiger partial charge >= 0.3 is 0 Å². The molecule has 16 heavy (non-hydrogen) atoms. The third kappa shape index (κ3) is 2.19. The van der Waals surface area contributed by atoms with Gasteiger partial charge in [-0.05, 0) is 31.3 Å². The Morgan fingerprint density at radius 3 is 2.69 bits per heavy atom. The van der Waals surface area contributed by atoms with Gasteiger partial charge in [0.25, 0.3) is 5.95 Å². The normalized spacial score (nSPS) is 20.1. The number of hydrogen-bond donors (Lipinski definition) is 1. The van der Waals surface area contributed by atoms with Crippen LogP contribution in [0.5, 0.6) is 0 Å². The lowest BCUT2D eigenvalue weighted by molar-refractivity contribution is 0.141. The van der Waals surface area contributed by atoms with Gasteiger partial charge in [0.1, 0.15) is 0 Å². The van der Waals surface area contributed by atoms with Crippen molar-refractivity contribution >= 4 is 5.95 Å². The fourth-order valence-corrected chi connectivity index (χ4v) is 2.15. The van der Waals surface area contributed by atoms with Gasteiger partial charge in [-0.25, -0.2) is 0 Å². The Labute approximate surface area is 95.4 Å². The lowest BCUT2D eigenvalue weighted by Gasteiger charge is -2.13. The second-order valence-electron chi connectivity index (χ2n) is 4.38. The van der Waals surface area contributed by atoms with Gasteiger partial charge in [0.15, 0.2) is 0 Å². The van der Waals surface area contributed by atoms with Gasteiger partial charge in [-0.15, -0.1) is 0 Å². The first-order valence-corrected chi connectivity index (χ1v) is 5.99. The molecule has 0 saturated carbocycles. The first-order chi connectivity index (χ1) is 7.72. The third-order valence-corrected chi connectivity index (χ3v) is 3.16. The fraction of sp³-hybridized carbons (Fsp3) is 0.818. The van der Waals surface area contributed by atoms with Crippen LogP contribution in [0, 0.1) is 0 Å². The standard InChI is InChI=1S/C11H19N3O2/c1-3-9(8(2)15)10-12-11(13-16-10)14-6-4-5-7-14/h8-9,15H,3-7H2,1-2H3. The van der Waals surface area contributed by atoms with Crippen LogP contribution in [0.1, 0.15) is 44.9 Å². The Hall–Kier alpha value is -1.10. The fourth-order valence-electron chi connectivity index (χ4n) is 2.15. The second kappa shape index (κ2) is 4.82. The Morgan fingerprint density at radius 1 is 1.44 bits per heavy atom. The summed E-state index contributed by atoms with van der Waals surface area (Å²) in [6.07, 6.45) is 2.74. The SMILES string of the molecule is CCC(c1nc(N2CCCC2)no1)C(C)O. The summed E-state index contributed by atoms with van der Waals surface area (Å²) >= 11 is 0. The molecule has 2 rings (SSSR count). The lowest BCUT2D eigenvalue weighted by Crippen LogP contribution is -2.19. The van der Waals surface area contributed by atoms with Crippen LogP contribution in [0.25, 0.3) is 0 Å². The molecule has 1 N–H and O–H groups in total. The van der Waals surface area contributed by atoms with E-state index in [1.165, 1.54) is 12.8 Å². The zero-order valence-electron chi connectivity index (χ0n) is 9.89. The van der Waals surface area contributed by atoms with Crippen LogP contribution in [0.3, 0.4) is 0 Å². The molecule has 1 aliphatic heterocycles. The third-order valence-electron chi connectivity index (χ3n) is 3.16. The first-order valence-electron chi connectivity index (χ1n) is 5.99. The molecular weight excluding hydrogens is 206 g/mol. The van der Waals surface area contributed by atoms with Crippen LogP contribution in [0.15, 0.2) is 4.52 Å². The highest BCUT2D eigenvalue weighted by Crippen LogP contribution is 2.24. The smallest absolute Gasteiger partial charge is 0.266 e. The summed E-state index contributed by atoms with van der Waals surface area (Å²) in [5, 5.41) is 13.6. The van der Waals surface area contributed by atoms with E-state index in [-0.39, 0.29) is 5.92 Å². The van der Waals surface area contributed by atoms with E-state index >= 15 is 0 Å². The molecule has 1 saturated heterocycles. The molecule has 1 aromatic rings. The summed E-state index contributed by atoms with van der Waals surface area (Å²) in [6, 6.07) is 0. The lowest BCUT2D eigenvalue weighted by atomic mass is 10.0. The summed E-state index contributed by atoms with van der Waals surface area (Å²) in [5.74, 6) is 1.18. The summed E-state index contributed by atoms with van der Waals surface area (Å²) in [4.78, 5) is 6.50. The van der Waals surface area contributed by atoms with Crippen LogP contribution in [0.2, 0.25) is 0 Å². The highest BCUT2D eigenvalue weighted by Gasteiger charge is 2.24. The van der Waals surface area contributed by atoms with Crippen LogP contribution in [-0.4, -0.2) is 34.4 Å². The molecule has 0 spiro atoms. The number of rotatable bonds is 4. The first kappa shape index (κ1) is 11.4. The van der Waals surface area contributed by atoms with Crippen molar-refractivity contribution < 1.29 is 9.63 Å². The average molecular weight is 225 g/mol. The summed E-state index contributed by atoms with van der Waals surface area (Å²) in [6.45, 7) is 5.78. The van der Waals surface area contributed by atoms with Crippen LogP contribution in [-0.2, 0) is 0 Å². The van der Waals surface area contributed by atoms with E-state index in [4.69, 9.17) is 4.52 Å². The van der Waals surface area contributed by atoms with Crippen molar-refractivity contribution in [3.8, 4) is 0 Å². The zero-order valence-corrected chi connectivity index (χ0v) is 9.89. The van der Waals surface area contributed by atoms with E-state index in [0.717, 1.165) is 19.5 Å². The summed E-state index contributed by atoms with van der Waals surface area (Å²) in [5.41, 5.74) is 0. The van der Waals surface area contributed by atoms with Crippen molar-refractivity contribution in [2.45, 2.75) is 45.1 Å². The molecule has 0 radical (unpaired) electrons. The van der Waals surface area contributed by atoms with E-state index in [0.29, 0.717) is 11.8 Å². The van der Waals surface area contributed by atoms with Crippen molar-refractivity contribution in [3.63, 3.8) is 0 Å². The van der Waals surface area contributed by atoms with Crippen molar-refractivity contribution in [1.82, 2.24) is 10.1 Å². The van der Waals surface area contributed by atoms with E-state index in [1.807, 2.05) is 6.92 Å². The van der Waals surface area contributed by atoms with Crippen LogP contribution < -0.4 is 4.90 Å². The highest BCUT2D eigenvalue weighted by atomic mass is 16.5. The Kier molecular flexibility index (Phi) is 3.43. The molecule has 0 bridgehead atoms. The molecule has 1 aliphatic rings. The van der Waals surface area contributed by atoms with Crippen molar-refractivity contribution in [2.24, 2.45) is 0 Å². The van der Waals surface area contributed by atoms with Gasteiger partial charge in [0.05, 0.1) is 12.0 Å². The molecule has 5 heteroatoms. The van der Waals surface area contributed by atoms with Crippen molar-refractivity contribution in [1.29, 1.82) is 0 Å². The average Bonchev–Trinajstić information content (AvgIpc) is 2.86. The van der Waals surface area contributed by atoms with Gasteiger partial charge in [0, 0.05) is 13.1 Å². The van der Waals surface area contributed by atoms with Crippen molar-refractivity contribution in [2.75, 3.05) is 18.0 Å². The maximum atomic E-state index is 9.60. The van der Waals surface area contributed by atoms with Gasteiger partial charge < -0.3 is 14.5 Å². The minimum atomic E-state index is -0.447. The molecule has 2 atom stereocenters. The van der Waals surface area contributed by atoms with Crippen molar-refractivity contribution in [3.05, 3.63) is 5.89 Å². The van der Waals surface area contributed by atoms with E-state index in [9.17, 15) is 5.11 Å².